The lowest BCUT2D eigenvalue weighted by Gasteiger charge is -2.28. The van der Waals surface area contributed by atoms with E-state index in [0.29, 0.717) is 17.4 Å². The van der Waals surface area contributed by atoms with E-state index in [1.54, 1.807) is 0 Å². The summed E-state index contributed by atoms with van der Waals surface area (Å²) in [5.74, 6) is -0.895. The summed E-state index contributed by atoms with van der Waals surface area (Å²) in [6.45, 7) is 3.93. The number of quaternary nitrogens is 1. The second-order valence-corrected chi connectivity index (χ2v) is 14.3. The first-order valence-corrected chi connectivity index (χ1v) is 19.5. The Morgan fingerprint density at radius 2 is 1.19 bits per heavy atom. The zero-order valence-electron chi connectivity index (χ0n) is 30.7. The summed E-state index contributed by atoms with van der Waals surface area (Å²) in [6, 6.07) is 0. The standard InChI is InChI=1S/C38H66NO8P/c1-6-8-10-12-13-14-15-16-17-18-19-20-21-22-23-24-25-27-29-31-38(41)47-36(34-44-37(40)30-28-26-11-9-7-2)35-46-48(42,43)45-33-32-39(3,4)5/h8,10,13-14,16-17,19-20,22-23,36H,6-7,9,11-12,15,18,21,24-35H2,1-5H3/b10-8-,14-13-,17-16-,20-19-,23-22-. The summed E-state index contributed by atoms with van der Waals surface area (Å²) < 4.78 is 33.5. The molecule has 2 atom stereocenters. The predicted molar refractivity (Wildman–Crippen MR) is 194 cm³/mol. The van der Waals surface area contributed by atoms with Crippen LogP contribution in [0.15, 0.2) is 60.8 Å². The van der Waals surface area contributed by atoms with Crippen LogP contribution in [0.3, 0.4) is 0 Å². The van der Waals surface area contributed by atoms with E-state index in [0.717, 1.165) is 83.5 Å². The van der Waals surface area contributed by atoms with Crippen LogP contribution in [0.1, 0.15) is 117 Å². The molecule has 0 spiro atoms. The van der Waals surface area contributed by atoms with E-state index in [9.17, 15) is 19.0 Å². The van der Waals surface area contributed by atoms with Gasteiger partial charge in [-0.15, -0.1) is 0 Å². The average Bonchev–Trinajstić information content (AvgIpc) is 3.02. The highest BCUT2D eigenvalue weighted by molar-refractivity contribution is 7.45. The Morgan fingerprint density at radius 1 is 0.667 bits per heavy atom. The smallest absolute Gasteiger partial charge is 0.306 e. The number of phosphoric acid groups is 1. The quantitative estimate of drug-likeness (QED) is 0.0233. The van der Waals surface area contributed by atoms with Gasteiger partial charge in [0.05, 0.1) is 27.7 Å². The minimum absolute atomic E-state index is 0.0403. The van der Waals surface area contributed by atoms with Crippen LogP contribution >= 0.6 is 7.82 Å². The van der Waals surface area contributed by atoms with Gasteiger partial charge in [0.25, 0.3) is 7.82 Å². The number of esters is 2. The second kappa shape index (κ2) is 30.7. The third-order valence-corrected chi connectivity index (χ3v) is 8.02. The third-order valence-electron chi connectivity index (χ3n) is 7.05. The van der Waals surface area contributed by atoms with Crippen LogP contribution in [-0.4, -0.2) is 70.0 Å². The van der Waals surface area contributed by atoms with E-state index in [1.807, 2.05) is 21.1 Å². The van der Waals surface area contributed by atoms with Crippen molar-refractivity contribution in [2.75, 3.05) is 47.5 Å². The third kappa shape index (κ3) is 33.6. The van der Waals surface area contributed by atoms with Crippen molar-refractivity contribution in [1.29, 1.82) is 0 Å². The fraction of sp³-hybridized carbons (Fsp3) is 0.684. The van der Waals surface area contributed by atoms with E-state index >= 15 is 0 Å². The molecule has 9 nitrogen and oxygen atoms in total. The lowest BCUT2D eigenvalue weighted by atomic mass is 10.1. The number of ether oxygens (including phenoxy) is 2. The monoisotopic (exact) mass is 695 g/mol. The van der Waals surface area contributed by atoms with Crippen molar-refractivity contribution in [3.8, 4) is 0 Å². The topological polar surface area (TPSA) is 111 Å². The molecule has 0 heterocycles. The van der Waals surface area contributed by atoms with Crippen molar-refractivity contribution in [1.82, 2.24) is 0 Å². The normalized spacial score (nSPS) is 14.5. The molecule has 2 unspecified atom stereocenters. The van der Waals surface area contributed by atoms with E-state index in [1.165, 1.54) is 0 Å². The molecule has 0 aromatic rings. The molecular weight excluding hydrogens is 629 g/mol. The maximum Gasteiger partial charge on any atom is 0.306 e. The largest absolute Gasteiger partial charge is 0.756 e. The number of likely N-dealkylation sites (N-methyl/N-ethyl adjacent to an activating group) is 1. The van der Waals surface area contributed by atoms with Gasteiger partial charge in [-0.05, 0) is 57.8 Å². The molecule has 0 rings (SSSR count). The van der Waals surface area contributed by atoms with Crippen LogP contribution in [0, 0.1) is 0 Å². The first-order valence-electron chi connectivity index (χ1n) is 18.0. The number of carbonyl (C=O) groups is 2. The molecule has 0 aliphatic carbocycles. The minimum atomic E-state index is -4.62. The highest BCUT2D eigenvalue weighted by Crippen LogP contribution is 2.38. The van der Waals surface area contributed by atoms with Gasteiger partial charge in [0.15, 0.2) is 6.10 Å². The number of allylic oxidation sites excluding steroid dienone is 10. The Hall–Kier alpha value is -2.29. The zero-order chi connectivity index (χ0) is 35.8. The highest BCUT2D eigenvalue weighted by Gasteiger charge is 2.21. The van der Waals surface area contributed by atoms with E-state index in [2.05, 4.69) is 74.6 Å². The van der Waals surface area contributed by atoms with Gasteiger partial charge in [-0.2, -0.15) is 0 Å². The molecule has 0 saturated heterocycles. The van der Waals surface area contributed by atoms with Gasteiger partial charge in [0.1, 0.15) is 19.8 Å². The van der Waals surface area contributed by atoms with Crippen LogP contribution in [0.4, 0.5) is 0 Å². The van der Waals surface area contributed by atoms with Crippen LogP contribution in [0.2, 0.25) is 0 Å². The summed E-state index contributed by atoms with van der Waals surface area (Å²) in [5, 5.41) is 0. The fourth-order valence-electron chi connectivity index (χ4n) is 4.21. The van der Waals surface area contributed by atoms with Gasteiger partial charge in [-0.3, -0.25) is 14.2 Å². The molecule has 0 aromatic carbocycles. The first kappa shape index (κ1) is 45.7. The lowest BCUT2D eigenvalue weighted by Crippen LogP contribution is -2.37. The molecule has 0 aliphatic heterocycles. The van der Waals surface area contributed by atoms with Crippen molar-refractivity contribution in [2.24, 2.45) is 0 Å². The molecule has 48 heavy (non-hydrogen) atoms. The number of nitrogens with zero attached hydrogens (tertiary/aromatic N) is 1. The Kier molecular flexibility index (Phi) is 29.3. The molecule has 0 aromatic heterocycles. The molecule has 0 N–H and O–H groups in total. The van der Waals surface area contributed by atoms with Gasteiger partial charge in [-0.25, -0.2) is 0 Å². The summed E-state index contributed by atoms with van der Waals surface area (Å²) in [6.07, 6.45) is 34.4. The van der Waals surface area contributed by atoms with Crippen molar-refractivity contribution in [3.05, 3.63) is 60.8 Å². The molecule has 0 bridgehead atoms. The number of hydrogen-bond acceptors (Lipinski definition) is 8. The summed E-state index contributed by atoms with van der Waals surface area (Å²) in [4.78, 5) is 37.0. The average molecular weight is 696 g/mol. The van der Waals surface area contributed by atoms with Crippen LogP contribution < -0.4 is 4.89 Å². The van der Waals surface area contributed by atoms with Crippen molar-refractivity contribution in [3.63, 3.8) is 0 Å². The first-order chi connectivity index (χ1) is 23.0. The number of phosphoric ester groups is 1. The van der Waals surface area contributed by atoms with E-state index in [-0.39, 0.29) is 26.1 Å². The Balaban J connectivity index is 4.42. The highest BCUT2D eigenvalue weighted by atomic mass is 31.2. The molecule has 0 aliphatic rings. The van der Waals surface area contributed by atoms with Crippen LogP contribution in [0.25, 0.3) is 0 Å². The Labute approximate surface area is 292 Å². The SMILES string of the molecule is CC/C=C\C/C=C\C/C=C\C/C=C\C/C=C\CCCCCC(=O)OC(COC(=O)CCCCCCC)COP(=O)([O-])OCC[N+](C)(C)C. The van der Waals surface area contributed by atoms with Crippen molar-refractivity contribution >= 4 is 19.8 Å². The van der Waals surface area contributed by atoms with Crippen LogP contribution in [-0.2, 0) is 32.7 Å². The van der Waals surface area contributed by atoms with Crippen molar-refractivity contribution < 1.29 is 42.1 Å². The van der Waals surface area contributed by atoms with E-state index < -0.39 is 32.5 Å². The number of rotatable bonds is 31. The lowest BCUT2D eigenvalue weighted by molar-refractivity contribution is -0.870. The summed E-state index contributed by atoms with van der Waals surface area (Å²) in [5.41, 5.74) is 0. The molecular formula is C38H66NO8P. The summed E-state index contributed by atoms with van der Waals surface area (Å²) in [7, 11) is 1.13. The van der Waals surface area contributed by atoms with Gasteiger partial charge in [0, 0.05) is 12.8 Å². The second-order valence-electron chi connectivity index (χ2n) is 12.9. The summed E-state index contributed by atoms with van der Waals surface area (Å²) >= 11 is 0. The number of unbranched alkanes of at least 4 members (excludes halogenated alkanes) is 7. The van der Waals surface area contributed by atoms with Gasteiger partial charge in [0.2, 0.25) is 0 Å². The molecule has 0 amide bonds. The molecule has 10 heteroatoms. The van der Waals surface area contributed by atoms with Crippen molar-refractivity contribution in [2.45, 2.75) is 123 Å². The maximum atomic E-state index is 12.5. The van der Waals surface area contributed by atoms with Gasteiger partial charge >= 0.3 is 11.9 Å². The minimum Gasteiger partial charge on any atom is -0.756 e. The number of carbonyl (C=O) groups excluding carboxylic acids is 2. The number of hydrogen-bond donors (Lipinski definition) is 0. The Bertz CT molecular complexity index is 1010. The molecule has 0 saturated carbocycles. The fourth-order valence-corrected chi connectivity index (χ4v) is 4.94. The molecule has 0 radical (unpaired) electrons. The molecule has 276 valence electrons. The van der Waals surface area contributed by atoms with Crippen LogP contribution in [0.5, 0.6) is 0 Å². The molecule has 0 fully saturated rings. The predicted octanol–water partition coefficient (Wildman–Crippen LogP) is 8.71. The zero-order valence-corrected chi connectivity index (χ0v) is 31.5. The Morgan fingerprint density at radius 3 is 1.75 bits per heavy atom. The van der Waals surface area contributed by atoms with Gasteiger partial charge in [-0.1, -0.05) is 107 Å². The van der Waals surface area contributed by atoms with Gasteiger partial charge < -0.3 is 27.9 Å². The maximum absolute atomic E-state index is 12.5. The van der Waals surface area contributed by atoms with E-state index in [4.69, 9.17) is 18.5 Å².